The maximum absolute atomic E-state index is 11.7. The zero-order valence-electron chi connectivity index (χ0n) is 10.6. The summed E-state index contributed by atoms with van der Waals surface area (Å²) in [6.45, 7) is 4.54. The third-order valence-corrected chi connectivity index (χ3v) is 3.75. The van der Waals surface area contributed by atoms with E-state index < -0.39 is 0 Å². The van der Waals surface area contributed by atoms with E-state index in [0.717, 1.165) is 17.8 Å². The molecule has 1 atom stereocenters. The van der Waals surface area contributed by atoms with Gasteiger partial charge in [-0.2, -0.15) is 0 Å². The van der Waals surface area contributed by atoms with Crippen molar-refractivity contribution in [2.75, 3.05) is 12.4 Å². The first-order chi connectivity index (χ1) is 8.54. The monoisotopic (exact) mass is 268 g/mol. The number of aromatic nitrogens is 1. The Morgan fingerprint density at radius 3 is 2.83 bits per heavy atom. The fourth-order valence-corrected chi connectivity index (χ4v) is 2.78. The second-order valence-electron chi connectivity index (χ2n) is 4.71. The van der Waals surface area contributed by atoms with Crippen LogP contribution in [0, 0.1) is 13.8 Å². The normalized spacial score (nSPS) is 19.7. The summed E-state index contributed by atoms with van der Waals surface area (Å²) in [5.74, 6) is 0.0627. The van der Waals surface area contributed by atoms with Crippen molar-refractivity contribution in [3.63, 3.8) is 0 Å². The van der Waals surface area contributed by atoms with Crippen LogP contribution in [0.2, 0.25) is 0 Å². The number of halogens is 1. The second-order valence-corrected chi connectivity index (χ2v) is 4.98. The molecule has 1 aromatic heterocycles. The average molecular weight is 269 g/mol. The van der Waals surface area contributed by atoms with E-state index in [2.05, 4.69) is 9.88 Å². The zero-order chi connectivity index (χ0) is 13.3. The summed E-state index contributed by atoms with van der Waals surface area (Å²) in [5, 5.41) is 2.87. The summed E-state index contributed by atoms with van der Waals surface area (Å²) in [6.07, 6.45) is 1.36. The summed E-state index contributed by atoms with van der Waals surface area (Å²) in [4.78, 5) is 22.9. The molecule has 1 aliphatic rings. The molecular formula is C13H17ClN2O2. The van der Waals surface area contributed by atoms with Crippen LogP contribution in [-0.4, -0.2) is 28.7 Å². The lowest BCUT2D eigenvalue weighted by atomic mass is 10.1. The molecule has 18 heavy (non-hydrogen) atoms. The van der Waals surface area contributed by atoms with Crippen molar-refractivity contribution in [3.05, 3.63) is 23.0 Å². The highest BCUT2D eigenvalue weighted by Gasteiger charge is 2.24. The maximum atomic E-state index is 11.7. The third-order valence-electron chi connectivity index (χ3n) is 3.51. The fraction of sp³-hybridized carbons (Fsp3) is 0.538. The molecule has 1 aliphatic heterocycles. The molecule has 1 unspecified atom stereocenters. The summed E-state index contributed by atoms with van der Waals surface area (Å²) < 4.78 is 2.14. The Bertz CT molecular complexity index is 483. The Hall–Kier alpha value is -1.29. The molecule has 2 heterocycles. The minimum Gasteiger partial charge on any atom is -0.354 e. The highest BCUT2D eigenvalue weighted by atomic mass is 35.5. The zero-order valence-corrected chi connectivity index (χ0v) is 11.4. The Kier molecular flexibility index (Phi) is 3.76. The van der Waals surface area contributed by atoms with Crippen LogP contribution in [-0.2, 0) is 4.79 Å². The van der Waals surface area contributed by atoms with Gasteiger partial charge in [0.05, 0.1) is 11.9 Å². The molecule has 1 aromatic rings. The number of rotatable bonds is 3. The first kappa shape index (κ1) is 13.1. The minimum atomic E-state index is -0.0455. The molecule has 0 aromatic carbocycles. The van der Waals surface area contributed by atoms with Crippen LogP contribution < -0.4 is 5.32 Å². The maximum Gasteiger partial charge on any atom is 0.220 e. The predicted molar refractivity (Wildman–Crippen MR) is 70.2 cm³/mol. The summed E-state index contributed by atoms with van der Waals surface area (Å²) in [5.41, 5.74) is 2.68. The molecule has 0 spiro atoms. The summed E-state index contributed by atoms with van der Waals surface area (Å²) >= 11 is 5.61. The SMILES string of the molecule is Cc1cc(C(=O)CCl)c(C)n1C1CCC(=O)NC1. The topological polar surface area (TPSA) is 51.1 Å². The average Bonchev–Trinajstić information content (AvgIpc) is 2.65. The van der Waals surface area contributed by atoms with Gasteiger partial charge in [-0.1, -0.05) is 0 Å². The van der Waals surface area contributed by atoms with Crippen LogP contribution in [0.1, 0.15) is 40.6 Å². The van der Waals surface area contributed by atoms with E-state index in [0.29, 0.717) is 18.5 Å². The standard InChI is InChI=1S/C13H17ClN2O2/c1-8-5-11(12(17)6-14)9(2)16(8)10-3-4-13(18)15-7-10/h5,10H,3-4,6-7H2,1-2H3,(H,15,18). The van der Waals surface area contributed by atoms with Gasteiger partial charge < -0.3 is 9.88 Å². The van der Waals surface area contributed by atoms with Gasteiger partial charge in [-0.05, 0) is 26.3 Å². The van der Waals surface area contributed by atoms with Gasteiger partial charge in [-0.3, -0.25) is 9.59 Å². The molecular weight excluding hydrogens is 252 g/mol. The number of hydrogen-bond acceptors (Lipinski definition) is 2. The van der Waals surface area contributed by atoms with Crippen molar-refractivity contribution in [2.24, 2.45) is 0 Å². The number of alkyl halides is 1. The highest BCUT2D eigenvalue weighted by molar-refractivity contribution is 6.30. The van der Waals surface area contributed by atoms with E-state index >= 15 is 0 Å². The molecule has 1 amide bonds. The van der Waals surface area contributed by atoms with Crippen molar-refractivity contribution in [1.82, 2.24) is 9.88 Å². The molecule has 1 fully saturated rings. The summed E-state index contributed by atoms with van der Waals surface area (Å²) in [6, 6.07) is 2.12. The lowest BCUT2D eigenvalue weighted by molar-refractivity contribution is -0.122. The van der Waals surface area contributed by atoms with E-state index in [1.807, 2.05) is 19.9 Å². The largest absolute Gasteiger partial charge is 0.354 e. The molecule has 0 bridgehead atoms. The first-order valence-electron chi connectivity index (χ1n) is 6.09. The first-order valence-corrected chi connectivity index (χ1v) is 6.62. The Balaban J connectivity index is 2.31. The highest BCUT2D eigenvalue weighted by Crippen LogP contribution is 2.25. The third kappa shape index (κ3) is 2.29. The number of amides is 1. The summed E-state index contributed by atoms with van der Waals surface area (Å²) in [7, 11) is 0. The van der Waals surface area contributed by atoms with Gasteiger partial charge in [0.15, 0.2) is 5.78 Å². The van der Waals surface area contributed by atoms with Crippen LogP contribution in [0.4, 0.5) is 0 Å². The number of aryl methyl sites for hydroxylation is 1. The predicted octanol–water partition coefficient (Wildman–Crippen LogP) is 1.98. The lowest BCUT2D eigenvalue weighted by Gasteiger charge is -2.26. The van der Waals surface area contributed by atoms with Gasteiger partial charge in [0.25, 0.3) is 0 Å². The van der Waals surface area contributed by atoms with E-state index in [1.54, 1.807) is 0 Å². The molecule has 1 N–H and O–H groups in total. The van der Waals surface area contributed by atoms with Crippen molar-refractivity contribution in [3.8, 4) is 0 Å². The number of hydrogen-bond donors (Lipinski definition) is 1. The smallest absolute Gasteiger partial charge is 0.220 e. The van der Waals surface area contributed by atoms with Crippen LogP contribution in [0.3, 0.4) is 0 Å². The van der Waals surface area contributed by atoms with Crippen LogP contribution in [0.25, 0.3) is 0 Å². The Morgan fingerprint density at radius 1 is 1.56 bits per heavy atom. The molecule has 2 rings (SSSR count). The number of carbonyl (C=O) groups excluding carboxylic acids is 2. The van der Waals surface area contributed by atoms with Gasteiger partial charge >= 0.3 is 0 Å². The van der Waals surface area contributed by atoms with E-state index in [-0.39, 0.29) is 23.6 Å². The Labute approximate surface area is 111 Å². The van der Waals surface area contributed by atoms with Crippen molar-refractivity contribution in [2.45, 2.75) is 32.7 Å². The van der Waals surface area contributed by atoms with E-state index in [1.165, 1.54) is 0 Å². The van der Waals surface area contributed by atoms with E-state index in [4.69, 9.17) is 11.6 Å². The molecule has 0 radical (unpaired) electrons. The second kappa shape index (κ2) is 5.14. The van der Waals surface area contributed by atoms with Crippen molar-refractivity contribution >= 4 is 23.3 Å². The molecule has 5 heteroatoms. The number of nitrogens with one attached hydrogen (secondary N) is 1. The number of ketones is 1. The number of carbonyl (C=O) groups is 2. The van der Waals surface area contributed by atoms with Gasteiger partial charge in [0, 0.05) is 29.9 Å². The van der Waals surface area contributed by atoms with Crippen LogP contribution in [0.15, 0.2) is 6.07 Å². The van der Waals surface area contributed by atoms with Crippen molar-refractivity contribution < 1.29 is 9.59 Å². The van der Waals surface area contributed by atoms with E-state index in [9.17, 15) is 9.59 Å². The Morgan fingerprint density at radius 2 is 2.28 bits per heavy atom. The molecule has 98 valence electrons. The quantitative estimate of drug-likeness (QED) is 0.673. The molecule has 4 nitrogen and oxygen atoms in total. The number of nitrogens with zero attached hydrogens (tertiary/aromatic N) is 1. The minimum absolute atomic E-state index is 0.00565. The fourth-order valence-electron chi connectivity index (χ4n) is 2.63. The molecule has 1 saturated heterocycles. The van der Waals surface area contributed by atoms with Gasteiger partial charge in [-0.25, -0.2) is 0 Å². The van der Waals surface area contributed by atoms with Gasteiger partial charge in [0.2, 0.25) is 5.91 Å². The van der Waals surface area contributed by atoms with Crippen LogP contribution >= 0.6 is 11.6 Å². The molecule has 0 aliphatic carbocycles. The number of Topliss-reactive ketones (excluding diaryl/α,β-unsaturated/α-hetero) is 1. The van der Waals surface area contributed by atoms with Gasteiger partial charge in [-0.15, -0.1) is 11.6 Å². The number of piperidine rings is 1. The lowest BCUT2D eigenvalue weighted by Crippen LogP contribution is -2.36. The van der Waals surface area contributed by atoms with Crippen molar-refractivity contribution in [1.29, 1.82) is 0 Å². The molecule has 0 saturated carbocycles. The van der Waals surface area contributed by atoms with Gasteiger partial charge in [0.1, 0.15) is 0 Å². The van der Waals surface area contributed by atoms with Crippen LogP contribution in [0.5, 0.6) is 0 Å².